The number of cyclic esters (lactones) is 1. The Balaban J connectivity index is 1.09. The van der Waals surface area contributed by atoms with Gasteiger partial charge in [-0.2, -0.15) is 0 Å². The van der Waals surface area contributed by atoms with Gasteiger partial charge in [-0.1, -0.05) is 18.2 Å². The fourth-order valence-electron chi connectivity index (χ4n) is 6.06. The molecule has 172 valence electrons. The van der Waals surface area contributed by atoms with Crippen LogP contribution in [0.2, 0.25) is 0 Å². The van der Waals surface area contributed by atoms with Crippen LogP contribution in [-0.2, 0) is 27.4 Å². The molecule has 9 heteroatoms. The lowest BCUT2D eigenvalue weighted by atomic mass is 9.71. The van der Waals surface area contributed by atoms with Crippen LogP contribution in [0, 0.1) is 5.41 Å². The SMILES string of the molecule is CC1=C(N2CC[C@]3(CC[C@H](N(C)Cc4ccc5c(c4)Cn4nnnc4-5)CC3)C2=O)COC1=O. The van der Waals surface area contributed by atoms with E-state index in [2.05, 4.69) is 45.7 Å². The van der Waals surface area contributed by atoms with Crippen LogP contribution < -0.4 is 0 Å². The number of rotatable bonds is 4. The minimum atomic E-state index is -0.298. The Hall–Kier alpha value is -3.07. The minimum absolute atomic E-state index is 0.190. The van der Waals surface area contributed by atoms with E-state index in [1.54, 1.807) is 6.92 Å². The molecule has 2 aromatic rings. The summed E-state index contributed by atoms with van der Waals surface area (Å²) >= 11 is 0. The van der Waals surface area contributed by atoms with E-state index in [-0.39, 0.29) is 23.9 Å². The molecule has 1 spiro atoms. The first-order valence-corrected chi connectivity index (χ1v) is 11.7. The highest BCUT2D eigenvalue weighted by Crippen LogP contribution is 2.47. The van der Waals surface area contributed by atoms with Crippen LogP contribution in [0.5, 0.6) is 0 Å². The lowest BCUT2D eigenvalue weighted by Gasteiger charge is -2.39. The van der Waals surface area contributed by atoms with Crippen LogP contribution in [0.4, 0.5) is 0 Å². The second-order valence-corrected chi connectivity index (χ2v) is 9.93. The van der Waals surface area contributed by atoms with Gasteiger partial charge in [0.2, 0.25) is 5.91 Å². The molecule has 4 heterocycles. The lowest BCUT2D eigenvalue weighted by molar-refractivity contribution is -0.138. The first-order chi connectivity index (χ1) is 15.9. The molecule has 0 N–H and O–H groups in total. The number of aromatic nitrogens is 4. The van der Waals surface area contributed by atoms with Crippen LogP contribution in [0.3, 0.4) is 0 Å². The molecule has 9 nitrogen and oxygen atoms in total. The van der Waals surface area contributed by atoms with Crippen molar-refractivity contribution in [3.05, 3.63) is 40.6 Å². The van der Waals surface area contributed by atoms with Gasteiger partial charge in [0.25, 0.3) is 0 Å². The third-order valence-corrected chi connectivity index (χ3v) is 8.15. The molecule has 2 fully saturated rings. The summed E-state index contributed by atoms with van der Waals surface area (Å²) in [5.74, 6) is 0.737. The van der Waals surface area contributed by atoms with E-state index in [1.165, 1.54) is 11.1 Å². The molecule has 1 aliphatic carbocycles. The zero-order valence-electron chi connectivity index (χ0n) is 19.1. The van der Waals surface area contributed by atoms with Gasteiger partial charge >= 0.3 is 5.97 Å². The van der Waals surface area contributed by atoms with Crippen LogP contribution in [0.25, 0.3) is 11.4 Å². The molecule has 33 heavy (non-hydrogen) atoms. The van der Waals surface area contributed by atoms with Crippen molar-refractivity contribution in [3.63, 3.8) is 0 Å². The molecule has 0 bridgehead atoms. The zero-order chi connectivity index (χ0) is 22.7. The molecule has 0 radical (unpaired) electrons. The Morgan fingerprint density at radius 2 is 2.03 bits per heavy atom. The average molecular weight is 449 g/mol. The summed E-state index contributed by atoms with van der Waals surface area (Å²) in [6, 6.07) is 7.02. The number of esters is 1. The summed E-state index contributed by atoms with van der Waals surface area (Å²) in [7, 11) is 2.19. The van der Waals surface area contributed by atoms with Crippen LogP contribution >= 0.6 is 0 Å². The lowest BCUT2D eigenvalue weighted by Crippen LogP contribution is -2.42. The Bertz CT molecular complexity index is 1180. The number of tetrazole rings is 1. The fraction of sp³-hybridized carbons (Fsp3) is 0.542. The van der Waals surface area contributed by atoms with Crippen LogP contribution in [0.1, 0.15) is 50.2 Å². The number of hydrogen-bond donors (Lipinski definition) is 0. The van der Waals surface area contributed by atoms with Gasteiger partial charge in [-0.05, 0) is 67.6 Å². The zero-order valence-corrected chi connectivity index (χ0v) is 19.1. The molecule has 6 rings (SSSR count). The smallest absolute Gasteiger partial charge is 0.336 e. The predicted octanol–water partition coefficient (Wildman–Crippen LogP) is 2.13. The van der Waals surface area contributed by atoms with E-state index in [1.807, 2.05) is 9.58 Å². The highest BCUT2D eigenvalue weighted by molar-refractivity contribution is 5.94. The number of likely N-dealkylation sites (tertiary alicyclic amines) is 1. The molecule has 1 aromatic carbocycles. The van der Waals surface area contributed by atoms with Crippen LogP contribution in [0.15, 0.2) is 29.5 Å². The molecular formula is C24H28N6O3. The summed E-state index contributed by atoms with van der Waals surface area (Å²) < 4.78 is 6.97. The second kappa shape index (κ2) is 7.48. The van der Waals surface area contributed by atoms with Gasteiger partial charge < -0.3 is 9.64 Å². The monoisotopic (exact) mass is 448 g/mol. The largest absolute Gasteiger partial charge is 0.456 e. The number of carbonyl (C=O) groups excluding carboxylic acids is 2. The Morgan fingerprint density at radius 3 is 2.79 bits per heavy atom. The third-order valence-electron chi connectivity index (χ3n) is 8.15. The highest BCUT2D eigenvalue weighted by atomic mass is 16.5. The standard InChI is InChI=1S/C24H28N6O3/c1-15-20(14-33-22(15)31)29-10-9-24(23(29)32)7-5-18(6-8-24)28(2)12-16-3-4-19-17(11-16)13-30-21(19)25-26-27-30/h3-4,11,18H,5-10,12-14H2,1-2H3/t18-,24+. The maximum absolute atomic E-state index is 13.4. The predicted molar refractivity (Wildman–Crippen MR) is 119 cm³/mol. The Labute approximate surface area is 192 Å². The quantitative estimate of drug-likeness (QED) is 0.565. The highest BCUT2D eigenvalue weighted by Gasteiger charge is 2.50. The Kier molecular flexibility index (Phi) is 4.65. The molecule has 1 amide bonds. The van der Waals surface area contributed by atoms with Gasteiger partial charge in [0.05, 0.1) is 23.2 Å². The van der Waals surface area contributed by atoms with Gasteiger partial charge in [0.1, 0.15) is 6.61 Å². The second-order valence-electron chi connectivity index (χ2n) is 9.93. The summed E-state index contributed by atoms with van der Waals surface area (Å²) in [6.07, 6.45) is 4.71. The normalized spacial score (nSPS) is 26.5. The molecule has 0 atom stereocenters. The average Bonchev–Trinajstić information content (AvgIpc) is 3.55. The molecule has 0 unspecified atom stereocenters. The number of fused-ring (bicyclic) bond motifs is 3. The molecule has 1 saturated carbocycles. The summed E-state index contributed by atoms with van der Waals surface area (Å²) in [5.41, 5.74) is 4.73. The number of benzene rings is 1. The van der Waals surface area contributed by atoms with Gasteiger partial charge in [0, 0.05) is 24.7 Å². The molecule has 4 aliphatic rings. The van der Waals surface area contributed by atoms with Gasteiger partial charge in [-0.3, -0.25) is 9.69 Å². The first kappa shape index (κ1) is 20.5. The van der Waals surface area contributed by atoms with Crippen molar-refractivity contribution in [2.24, 2.45) is 5.41 Å². The van der Waals surface area contributed by atoms with Gasteiger partial charge in [0.15, 0.2) is 5.82 Å². The summed E-state index contributed by atoms with van der Waals surface area (Å²) in [6.45, 7) is 4.29. The van der Waals surface area contributed by atoms with E-state index in [0.29, 0.717) is 18.2 Å². The number of ether oxygens (including phenoxy) is 1. The van der Waals surface area contributed by atoms with Crippen molar-refractivity contribution in [2.75, 3.05) is 20.2 Å². The number of nitrogens with zero attached hydrogens (tertiary/aromatic N) is 6. The van der Waals surface area contributed by atoms with E-state index in [0.717, 1.165) is 62.3 Å². The van der Waals surface area contributed by atoms with Crippen molar-refractivity contribution >= 4 is 11.9 Å². The first-order valence-electron chi connectivity index (χ1n) is 11.7. The third kappa shape index (κ3) is 3.20. The van der Waals surface area contributed by atoms with Crippen LogP contribution in [-0.4, -0.2) is 68.1 Å². The number of amides is 1. The van der Waals surface area contributed by atoms with E-state index in [4.69, 9.17) is 4.74 Å². The maximum atomic E-state index is 13.4. The van der Waals surface area contributed by atoms with Crippen molar-refractivity contribution in [1.29, 1.82) is 0 Å². The van der Waals surface area contributed by atoms with Crippen molar-refractivity contribution in [1.82, 2.24) is 30.0 Å². The molecular weight excluding hydrogens is 420 g/mol. The van der Waals surface area contributed by atoms with Gasteiger partial charge in [-0.25, -0.2) is 9.48 Å². The minimum Gasteiger partial charge on any atom is -0.456 e. The van der Waals surface area contributed by atoms with Crippen molar-refractivity contribution < 1.29 is 14.3 Å². The topological polar surface area (TPSA) is 93.5 Å². The summed E-state index contributed by atoms with van der Waals surface area (Å²) in [5, 5.41) is 11.9. The number of hydrogen-bond acceptors (Lipinski definition) is 7. The Morgan fingerprint density at radius 1 is 1.21 bits per heavy atom. The van der Waals surface area contributed by atoms with E-state index < -0.39 is 0 Å². The molecule has 1 aromatic heterocycles. The molecule has 3 aliphatic heterocycles. The summed E-state index contributed by atoms with van der Waals surface area (Å²) in [4.78, 5) is 29.4. The van der Waals surface area contributed by atoms with Crippen molar-refractivity contribution in [3.8, 4) is 11.4 Å². The van der Waals surface area contributed by atoms with E-state index >= 15 is 0 Å². The van der Waals surface area contributed by atoms with E-state index in [9.17, 15) is 9.59 Å². The fourth-order valence-corrected chi connectivity index (χ4v) is 6.06. The number of carbonyl (C=O) groups is 2. The maximum Gasteiger partial charge on any atom is 0.336 e. The van der Waals surface area contributed by atoms with Crippen molar-refractivity contribution in [2.45, 2.75) is 58.2 Å². The van der Waals surface area contributed by atoms with Gasteiger partial charge in [-0.15, -0.1) is 5.10 Å². The molecule has 1 saturated heterocycles.